The first-order chi connectivity index (χ1) is 14.7. The van der Waals surface area contributed by atoms with Crippen molar-refractivity contribution >= 4 is 35.1 Å². The molecular weight excluding hydrogens is 443 g/mol. The van der Waals surface area contributed by atoms with Gasteiger partial charge in [-0.2, -0.15) is 0 Å². The van der Waals surface area contributed by atoms with E-state index < -0.39 is 10.5 Å². The summed E-state index contributed by atoms with van der Waals surface area (Å²) in [5.41, 5.74) is -0.0267. The normalized spacial score (nSPS) is 17.8. The van der Waals surface area contributed by atoms with Gasteiger partial charge in [0, 0.05) is 24.7 Å². The Kier molecular flexibility index (Phi) is 8.07. The van der Waals surface area contributed by atoms with E-state index in [4.69, 9.17) is 27.9 Å². The van der Waals surface area contributed by atoms with Crippen molar-refractivity contribution in [3.63, 3.8) is 0 Å². The molecule has 1 atom stereocenters. The van der Waals surface area contributed by atoms with Gasteiger partial charge in [-0.1, -0.05) is 35.9 Å². The van der Waals surface area contributed by atoms with E-state index in [1.54, 1.807) is 6.92 Å². The van der Waals surface area contributed by atoms with Gasteiger partial charge in [0.2, 0.25) is 0 Å². The van der Waals surface area contributed by atoms with Crippen LogP contribution < -0.4 is 0 Å². The summed E-state index contributed by atoms with van der Waals surface area (Å²) < 4.78 is 7.35. The van der Waals surface area contributed by atoms with Crippen molar-refractivity contribution in [2.75, 3.05) is 26.2 Å². The predicted octanol–water partition coefficient (Wildman–Crippen LogP) is 4.04. The molecule has 2 heterocycles. The molecule has 1 unspecified atom stereocenters. The number of aromatic nitrogens is 2. The summed E-state index contributed by atoms with van der Waals surface area (Å²) in [6.45, 7) is 4.40. The third kappa shape index (κ3) is 7.29. The standard InChI is InChI=1S/C21H26Cl2N4O4/c1-21(28,15-26-13-19(27(29)30)24-20(26)23)14-25-10-8-18(9-11-25)31-12-2-3-16-4-6-17(22)7-5-16/h2-7,13,18,28H,8-12,14-15H2,1H3. The summed E-state index contributed by atoms with van der Waals surface area (Å²) in [4.78, 5) is 16.1. The molecule has 0 radical (unpaired) electrons. The molecule has 0 amide bonds. The van der Waals surface area contributed by atoms with Crippen LogP contribution in [0.2, 0.25) is 10.3 Å². The molecule has 0 aliphatic carbocycles. The van der Waals surface area contributed by atoms with Crippen LogP contribution in [-0.4, -0.2) is 62.4 Å². The number of halogens is 2. The Bertz CT molecular complexity index is 907. The second-order valence-corrected chi connectivity index (χ2v) is 8.79. The highest BCUT2D eigenvalue weighted by Gasteiger charge is 2.30. The lowest BCUT2D eigenvalue weighted by Crippen LogP contribution is -2.47. The van der Waals surface area contributed by atoms with E-state index in [1.807, 2.05) is 36.4 Å². The predicted molar refractivity (Wildman–Crippen MR) is 120 cm³/mol. The fourth-order valence-electron chi connectivity index (χ4n) is 3.66. The molecule has 1 aliphatic heterocycles. The Morgan fingerprint density at radius 3 is 2.58 bits per heavy atom. The van der Waals surface area contributed by atoms with Gasteiger partial charge in [-0.15, -0.1) is 0 Å². The maximum absolute atomic E-state index is 10.8. The summed E-state index contributed by atoms with van der Waals surface area (Å²) in [6.07, 6.45) is 7.18. The summed E-state index contributed by atoms with van der Waals surface area (Å²) in [5.74, 6) is -0.330. The van der Waals surface area contributed by atoms with Crippen LogP contribution >= 0.6 is 23.2 Å². The monoisotopic (exact) mass is 468 g/mol. The molecule has 0 saturated carbocycles. The van der Waals surface area contributed by atoms with Gasteiger partial charge in [0.25, 0.3) is 0 Å². The molecule has 1 fully saturated rings. The molecule has 1 saturated heterocycles. The molecule has 0 bridgehead atoms. The quantitative estimate of drug-likeness (QED) is 0.440. The zero-order valence-corrected chi connectivity index (χ0v) is 18.8. The molecule has 2 aromatic rings. The fourth-order valence-corrected chi connectivity index (χ4v) is 3.98. The van der Waals surface area contributed by atoms with Crippen LogP contribution in [0.1, 0.15) is 25.3 Å². The Hall–Kier alpha value is -1.97. The Morgan fingerprint density at radius 2 is 1.97 bits per heavy atom. The van der Waals surface area contributed by atoms with Gasteiger partial charge in [0.1, 0.15) is 6.20 Å². The Labute approximate surface area is 191 Å². The highest BCUT2D eigenvalue weighted by molar-refractivity contribution is 6.30. The number of piperidine rings is 1. The molecule has 168 valence electrons. The van der Waals surface area contributed by atoms with Crippen LogP contribution in [0.4, 0.5) is 5.82 Å². The molecule has 0 spiro atoms. The third-order valence-corrected chi connectivity index (χ3v) is 5.67. The number of likely N-dealkylation sites (tertiary alicyclic amines) is 1. The van der Waals surface area contributed by atoms with Crippen LogP contribution in [0, 0.1) is 10.1 Å². The van der Waals surface area contributed by atoms with E-state index in [-0.39, 0.29) is 23.8 Å². The first-order valence-corrected chi connectivity index (χ1v) is 10.8. The van der Waals surface area contributed by atoms with Crippen LogP contribution in [0.3, 0.4) is 0 Å². The lowest BCUT2D eigenvalue weighted by molar-refractivity contribution is -0.389. The molecule has 1 aliphatic rings. The zero-order chi connectivity index (χ0) is 22.4. The summed E-state index contributed by atoms with van der Waals surface area (Å²) >= 11 is 11.8. The largest absolute Gasteiger partial charge is 0.387 e. The van der Waals surface area contributed by atoms with Gasteiger partial charge < -0.3 is 24.9 Å². The van der Waals surface area contributed by atoms with Crippen molar-refractivity contribution in [2.24, 2.45) is 0 Å². The van der Waals surface area contributed by atoms with E-state index in [0.717, 1.165) is 31.5 Å². The van der Waals surface area contributed by atoms with Crippen LogP contribution in [0.25, 0.3) is 6.08 Å². The molecule has 3 rings (SSSR count). The second kappa shape index (κ2) is 10.6. The minimum Gasteiger partial charge on any atom is -0.387 e. The SMILES string of the molecule is CC(O)(CN1CCC(OCC=Cc2ccc(Cl)cc2)CC1)Cn1cc([N+](=O)[O-])nc1Cl. The maximum Gasteiger partial charge on any atom is 0.383 e. The minimum absolute atomic E-state index is 0.00858. The number of nitrogens with zero attached hydrogens (tertiary/aromatic N) is 4. The smallest absolute Gasteiger partial charge is 0.383 e. The highest BCUT2D eigenvalue weighted by atomic mass is 35.5. The number of hydrogen-bond donors (Lipinski definition) is 1. The van der Waals surface area contributed by atoms with Gasteiger partial charge in [0.15, 0.2) is 0 Å². The van der Waals surface area contributed by atoms with Crippen molar-refractivity contribution < 1.29 is 14.8 Å². The lowest BCUT2D eigenvalue weighted by Gasteiger charge is -2.36. The molecule has 10 heteroatoms. The first kappa shape index (κ1) is 23.7. The van der Waals surface area contributed by atoms with Crippen molar-refractivity contribution in [3.05, 3.63) is 62.5 Å². The van der Waals surface area contributed by atoms with Crippen molar-refractivity contribution in [1.29, 1.82) is 0 Å². The number of benzene rings is 1. The number of rotatable bonds is 9. The van der Waals surface area contributed by atoms with Gasteiger partial charge in [-0.3, -0.25) is 4.57 Å². The third-order valence-electron chi connectivity index (χ3n) is 5.12. The van der Waals surface area contributed by atoms with Crippen LogP contribution in [0.15, 0.2) is 36.5 Å². The molecular formula is C21H26Cl2N4O4. The Morgan fingerprint density at radius 1 is 1.29 bits per heavy atom. The number of imidazole rings is 1. The average Bonchev–Trinajstić information content (AvgIpc) is 3.07. The van der Waals surface area contributed by atoms with E-state index >= 15 is 0 Å². The summed E-state index contributed by atoms with van der Waals surface area (Å²) in [5, 5.41) is 22.3. The molecule has 8 nitrogen and oxygen atoms in total. The van der Waals surface area contributed by atoms with Crippen molar-refractivity contribution in [1.82, 2.24) is 14.5 Å². The lowest BCUT2D eigenvalue weighted by atomic mass is 10.0. The van der Waals surface area contributed by atoms with Gasteiger partial charge >= 0.3 is 11.1 Å². The molecule has 1 aromatic carbocycles. The number of β-amino-alcohol motifs (C(OH)–C–C–N with tert-alkyl or cyclic N) is 1. The minimum atomic E-state index is -1.10. The van der Waals surface area contributed by atoms with Gasteiger partial charge in [-0.25, -0.2) is 0 Å². The van der Waals surface area contributed by atoms with Crippen molar-refractivity contribution in [2.45, 2.75) is 38.0 Å². The van der Waals surface area contributed by atoms with Crippen molar-refractivity contribution in [3.8, 4) is 0 Å². The summed E-state index contributed by atoms with van der Waals surface area (Å²) in [7, 11) is 0. The zero-order valence-electron chi connectivity index (χ0n) is 17.3. The highest BCUT2D eigenvalue weighted by Crippen LogP contribution is 2.21. The molecule has 1 aromatic heterocycles. The summed E-state index contributed by atoms with van der Waals surface area (Å²) in [6, 6.07) is 7.63. The average molecular weight is 469 g/mol. The molecule has 31 heavy (non-hydrogen) atoms. The van der Waals surface area contributed by atoms with E-state index in [9.17, 15) is 15.2 Å². The fraction of sp³-hybridized carbons (Fsp3) is 0.476. The topological polar surface area (TPSA) is 93.7 Å². The maximum atomic E-state index is 10.8. The van der Waals surface area contributed by atoms with Crippen LogP contribution in [-0.2, 0) is 11.3 Å². The first-order valence-electron chi connectivity index (χ1n) is 10.1. The van der Waals surface area contributed by atoms with E-state index in [2.05, 4.69) is 9.88 Å². The Balaban J connectivity index is 1.40. The van der Waals surface area contributed by atoms with E-state index in [1.165, 1.54) is 10.8 Å². The number of ether oxygens (including phenoxy) is 1. The second-order valence-electron chi connectivity index (χ2n) is 8.01. The molecule has 1 N–H and O–H groups in total. The van der Waals surface area contributed by atoms with Gasteiger partial charge in [-0.05, 0) is 59.0 Å². The van der Waals surface area contributed by atoms with Crippen LogP contribution in [0.5, 0.6) is 0 Å². The number of nitro groups is 1. The number of aliphatic hydroxyl groups is 1. The van der Waals surface area contributed by atoms with Gasteiger partial charge in [0.05, 0.1) is 24.9 Å². The number of hydrogen-bond acceptors (Lipinski definition) is 6. The van der Waals surface area contributed by atoms with E-state index in [0.29, 0.717) is 18.2 Å².